The second-order valence-corrected chi connectivity index (χ2v) is 7.95. The molecular formula is C24H24FN5O. The van der Waals surface area contributed by atoms with E-state index in [2.05, 4.69) is 23.9 Å². The molecule has 5 rings (SSSR count). The van der Waals surface area contributed by atoms with Crippen LogP contribution in [0.4, 0.5) is 4.39 Å². The summed E-state index contributed by atoms with van der Waals surface area (Å²) in [6.07, 6.45) is 5.73. The molecule has 3 aromatic heterocycles. The summed E-state index contributed by atoms with van der Waals surface area (Å²) < 4.78 is 24.3. The first-order valence-corrected chi connectivity index (χ1v) is 10.4. The van der Waals surface area contributed by atoms with Crippen molar-refractivity contribution < 1.29 is 9.13 Å². The Hall–Kier alpha value is -3.48. The molecule has 4 aromatic rings. The molecule has 0 spiro atoms. The lowest BCUT2D eigenvalue weighted by Crippen LogP contribution is -2.08. The van der Waals surface area contributed by atoms with Gasteiger partial charge in [0.15, 0.2) is 0 Å². The van der Waals surface area contributed by atoms with Gasteiger partial charge in [-0.05, 0) is 45.0 Å². The van der Waals surface area contributed by atoms with Crippen molar-refractivity contribution in [3.05, 3.63) is 71.1 Å². The number of benzene rings is 1. The van der Waals surface area contributed by atoms with E-state index >= 15 is 0 Å². The minimum Gasteiger partial charge on any atom is -0.484 e. The predicted octanol–water partition coefficient (Wildman–Crippen LogP) is 4.86. The highest BCUT2D eigenvalue weighted by molar-refractivity contribution is 5.71. The van der Waals surface area contributed by atoms with Gasteiger partial charge in [-0.15, -0.1) is 0 Å². The zero-order valence-corrected chi connectivity index (χ0v) is 18.1. The SMILES string of the molecule is CCn1ncc2c1-c1cncc(c1)O[C@H](C)c1cc(F)ccc1-c1nn(C)c(C)c1C2. The molecule has 158 valence electrons. The zero-order chi connectivity index (χ0) is 21.7. The van der Waals surface area contributed by atoms with Crippen molar-refractivity contribution in [2.45, 2.75) is 39.8 Å². The van der Waals surface area contributed by atoms with Crippen molar-refractivity contribution in [1.29, 1.82) is 0 Å². The summed E-state index contributed by atoms with van der Waals surface area (Å²) in [5.41, 5.74) is 7.72. The third kappa shape index (κ3) is 3.21. The van der Waals surface area contributed by atoms with Gasteiger partial charge in [0.05, 0.1) is 23.8 Å². The molecule has 6 nitrogen and oxygen atoms in total. The van der Waals surface area contributed by atoms with Crippen LogP contribution in [-0.2, 0) is 20.0 Å². The van der Waals surface area contributed by atoms with Crippen LogP contribution in [0, 0.1) is 12.7 Å². The van der Waals surface area contributed by atoms with Gasteiger partial charge < -0.3 is 4.74 Å². The van der Waals surface area contributed by atoms with E-state index in [0.717, 1.165) is 51.4 Å². The van der Waals surface area contributed by atoms with Gasteiger partial charge in [0.1, 0.15) is 17.7 Å². The van der Waals surface area contributed by atoms with Crippen LogP contribution in [0.3, 0.4) is 0 Å². The summed E-state index contributed by atoms with van der Waals surface area (Å²) in [6, 6.07) is 6.80. The molecule has 0 aliphatic carbocycles. The number of aryl methyl sites for hydroxylation is 2. The molecule has 4 heterocycles. The summed E-state index contributed by atoms with van der Waals surface area (Å²) in [5.74, 6) is 0.335. The fraction of sp³-hybridized carbons (Fsp3) is 0.292. The van der Waals surface area contributed by atoms with Crippen LogP contribution in [0.1, 0.15) is 42.3 Å². The number of nitrogens with zero attached hydrogens (tertiary/aromatic N) is 5. The Morgan fingerprint density at radius 3 is 2.84 bits per heavy atom. The molecule has 0 unspecified atom stereocenters. The molecule has 1 aliphatic heterocycles. The van der Waals surface area contributed by atoms with E-state index in [0.29, 0.717) is 12.2 Å². The van der Waals surface area contributed by atoms with Crippen molar-refractivity contribution in [1.82, 2.24) is 24.5 Å². The Morgan fingerprint density at radius 1 is 1.19 bits per heavy atom. The topological polar surface area (TPSA) is 57.8 Å². The zero-order valence-electron chi connectivity index (χ0n) is 18.1. The van der Waals surface area contributed by atoms with Crippen molar-refractivity contribution in [3.8, 4) is 28.3 Å². The lowest BCUT2D eigenvalue weighted by atomic mass is 9.93. The quantitative estimate of drug-likeness (QED) is 0.444. The highest BCUT2D eigenvalue weighted by atomic mass is 19.1. The van der Waals surface area contributed by atoms with Crippen LogP contribution in [-0.4, -0.2) is 24.5 Å². The van der Waals surface area contributed by atoms with Gasteiger partial charge in [-0.2, -0.15) is 10.2 Å². The highest BCUT2D eigenvalue weighted by Crippen LogP contribution is 2.37. The average molecular weight is 417 g/mol. The minimum atomic E-state index is -0.382. The van der Waals surface area contributed by atoms with Gasteiger partial charge in [0, 0.05) is 59.7 Å². The summed E-state index contributed by atoms with van der Waals surface area (Å²) in [5, 5.41) is 9.42. The lowest BCUT2D eigenvalue weighted by molar-refractivity contribution is 0.226. The number of rotatable bonds is 1. The number of aromatic nitrogens is 5. The molecule has 1 aliphatic rings. The number of hydrogen-bond acceptors (Lipinski definition) is 4. The summed E-state index contributed by atoms with van der Waals surface area (Å²) in [6.45, 7) is 6.81. The molecule has 0 N–H and O–H groups in total. The van der Waals surface area contributed by atoms with Crippen molar-refractivity contribution in [3.63, 3.8) is 0 Å². The summed E-state index contributed by atoms with van der Waals surface area (Å²) in [4.78, 5) is 4.41. The first kappa shape index (κ1) is 19.5. The van der Waals surface area contributed by atoms with Gasteiger partial charge >= 0.3 is 0 Å². The first-order chi connectivity index (χ1) is 15.0. The second kappa shape index (κ2) is 7.34. The van der Waals surface area contributed by atoms with E-state index in [1.54, 1.807) is 12.3 Å². The van der Waals surface area contributed by atoms with Crippen LogP contribution in [0.5, 0.6) is 5.75 Å². The molecule has 31 heavy (non-hydrogen) atoms. The van der Waals surface area contributed by atoms with E-state index in [4.69, 9.17) is 9.84 Å². The number of halogens is 1. The number of ether oxygens (including phenoxy) is 1. The van der Waals surface area contributed by atoms with E-state index in [-0.39, 0.29) is 11.9 Å². The maximum atomic E-state index is 14.2. The molecule has 0 radical (unpaired) electrons. The Bertz CT molecular complexity index is 1290. The second-order valence-electron chi connectivity index (χ2n) is 7.95. The van der Waals surface area contributed by atoms with E-state index in [1.165, 1.54) is 12.1 Å². The van der Waals surface area contributed by atoms with Gasteiger partial charge in [0.25, 0.3) is 0 Å². The van der Waals surface area contributed by atoms with E-state index in [9.17, 15) is 4.39 Å². The Kier molecular flexibility index (Phi) is 4.61. The largest absolute Gasteiger partial charge is 0.484 e. The maximum absolute atomic E-state index is 14.2. The number of pyridine rings is 1. The number of fused-ring (bicyclic) bond motifs is 7. The first-order valence-electron chi connectivity index (χ1n) is 10.4. The van der Waals surface area contributed by atoms with Gasteiger partial charge in [-0.3, -0.25) is 14.3 Å². The van der Waals surface area contributed by atoms with Crippen LogP contribution in [0.15, 0.2) is 42.9 Å². The predicted molar refractivity (Wildman–Crippen MR) is 116 cm³/mol. The molecule has 0 amide bonds. The van der Waals surface area contributed by atoms with Gasteiger partial charge in [-0.1, -0.05) is 0 Å². The summed E-state index contributed by atoms with van der Waals surface area (Å²) >= 11 is 0. The standard InChI is InChI=1S/C24H24FN5O/c1-5-30-24-16-8-19(13-26-11-16)31-15(3)22-10-18(25)6-7-20(22)23-21(9-17(24)12-27-30)14(2)29(4)28-23/h6-8,10-13,15H,5,9H2,1-4H3/t15-/m1/s1. The minimum absolute atomic E-state index is 0.297. The summed E-state index contributed by atoms with van der Waals surface area (Å²) in [7, 11) is 1.94. The normalized spacial score (nSPS) is 15.2. The molecule has 0 saturated heterocycles. The van der Waals surface area contributed by atoms with E-state index in [1.807, 2.05) is 41.8 Å². The third-order valence-electron chi connectivity index (χ3n) is 6.05. The molecule has 0 fully saturated rings. The number of hydrogen-bond donors (Lipinski definition) is 0. The molecule has 7 heteroatoms. The van der Waals surface area contributed by atoms with Crippen LogP contribution < -0.4 is 4.74 Å². The van der Waals surface area contributed by atoms with Crippen molar-refractivity contribution >= 4 is 0 Å². The molecular weight excluding hydrogens is 393 g/mol. The van der Waals surface area contributed by atoms with Gasteiger partial charge in [-0.25, -0.2) is 4.39 Å². The smallest absolute Gasteiger partial charge is 0.139 e. The fourth-order valence-electron chi connectivity index (χ4n) is 4.36. The highest BCUT2D eigenvalue weighted by Gasteiger charge is 2.25. The Morgan fingerprint density at radius 2 is 2.03 bits per heavy atom. The van der Waals surface area contributed by atoms with Crippen molar-refractivity contribution in [2.24, 2.45) is 7.05 Å². The van der Waals surface area contributed by atoms with Crippen LogP contribution in [0.2, 0.25) is 0 Å². The van der Waals surface area contributed by atoms with E-state index < -0.39 is 0 Å². The Labute approximate surface area is 180 Å². The Balaban J connectivity index is 1.82. The van der Waals surface area contributed by atoms with Gasteiger partial charge in [0.2, 0.25) is 0 Å². The average Bonchev–Trinajstić information content (AvgIpc) is 3.29. The fourth-order valence-corrected chi connectivity index (χ4v) is 4.36. The molecule has 1 aromatic carbocycles. The van der Waals surface area contributed by atoms with Crippen LogP contribution in [0.25, 0.3) is 22.5 Å². The third-order valence-corrected chi connectivity index (χ3v) is 6.05. The molecule has 2 bridgehead atoms. The molecule has 0 saturated carbocycles. The maximum Gasteiger partial charge on any atom is 0.139 e. The van der Waals surface area contributed by atoms with Crippen LogP contribution >= 0.6 is 0 Å². The monoisotopic (exact) mass is 417 g/mol. The molecule has 1 atom stereocenters. The van der Waals surface area contributed by atoms with Crippen molar-refractivity contribution in [2.75, 3.05) is 0 Å². The lowest BCUT2D eigenvalue weighted by Gasteiger charge is -2.20.